The molecule has 2 N–H and O–H groups in total. The average molecular weight is 201 g/mol. The number of hydrogen-bond acceptors (Lipinski definition) is 2. The van der Waals surface area contributed by atoms with Crippen molar-refractivity contribution in [1.29, 1.82) is 0 Å². The SMILES string of the molecule is O=C(O)CCc1cc(Cl)ccc1O. The van der Waals surface area contributed by atoms with Gasteiger partial charge in [-0.2, -0.15) is 0 Å². The molecule has 0 amide bonds. The number of aliphatic carboxylic acids is 1. The van der Waals surface area contributed by atoms with Gasteiger partial charge in [-0.15, -0.1) is 0 Å². The number of carboxylic acid groups (broad SMARTS) is 1. The molecular formula is C9H9ClO3. The van der Waals surface area contributed by atoms with Crippen LogP contribution in [0, 0.1) is 0 Å². The van der Waals surface area contributed by atoms with Gasteiger partial charge >= 0.3 is 5.97 Å². The summed E-state index contributed by atoms with van der Waals surface area (Å²) < 4.78 is 0. The van der Waals surface area contributed by atoms with Crippen molar-refractivity contribution in [2.45, 2.75) is 12.8 Å². The number of phenols is 1. The van der Waals surface area contributed by atoms with Gasteiger partial charge in [-0.05, 0) is 30.2 Å². The van der Waals surface area contributed by atoms with Crippen molar-refractivity contribution in [3.8, 4) is 5.75 Å². The van der Waals surface area contributed by atoms with Gasteiger partial charge < -0.3 is 10.2 Å². The molecule has 4 heteroatoms. The van der Waals surface area contributed by atoms with Crippen molar-refractivity contribution in [1.82, 2.24) is 0 Å². The van der Waals surface area contributed by atoms with Crippen molar-refractivity contribution in [2.75, 3.05) is 0 Å². The fourth-order valence-electron chi connectivity index (χ4n) is 0.996. The summed E-state index contributed by atoms with van der Waals surface area (Å²) in [6, 6.07) is 4.58. The number of carboxylic acids is 1. The van der Waals surface area contributed by atoms with Crippen LogP contribution in [-0.2, 0) is 11.2 Å². The number of carbonyl (C=O) groups is 1. The monoisotopic (exact) mass is 200 g/mol. The third kappa shape index (κ3) is 2.95. The van der Waals surface area contributed by atoms with Gasteiger partial charge in [0.15, 0.2) is 0 Å². The third-order valence-corrected chi connectivity index (χ3v) is 1.88. The predicted octanol–water partition coefficient (Wildman–Crippen LogP) is 2.06. The molecule has 0 bridgehead atoms. The number of aryl methyl sites for hydroxylation is 1. The van der Waals surface area contributed by atoms with Crippen LogP contribution in [0.15, 0.2) is 18.2 Å². The lowest BCUT2D eigenvalue weighted by Gasteiger charge is -2.02. The fraction of sp³-hybridized carbons (Fsp3) is 0.222. The van der Waals surface area contributed by atoms with Gasteiger partial charge in [0.05, 0.1) is 0 Å². The van der Waals surface area contributed by atoms with Crippen LogP contribution in [0.1, 0.15) is 12.0 Å². The molecule has 0 saturated carbocycles. The molecule has 1 aromatic rings. The van der Waals surface area contributed by atoms with E-state index in [1.54, 1.807) is 12.1 Å². The van der Waals surface area contributed by atoms with E-state index in [0.29, 0.717) is 17.0 Å². The molecule has 1 aromatic carbocycles. The molecule has 0 atom stereocenters. The number of halogens is 1. The summed E-state index contributed by atoms with van der Waals surface area (Å²) in [5.41, 5.74) is 0.565. The second kappa shape index (κ2) is 4.14. The molecular weight excluding hydrogens is 192 g/mol. The van der Waals surface area contributed by atoms with Crippen LogP contribution in [0.3, 0.4) is 0 Å². The number of rotatable bonds is 3. The topological polar surface area (TPSA) is 57.5 Å². The van der Waals surface area contributed by atoms with Crippen LogP contribution in [-0.4, -0.2) is 16.2 Å². The summed E-state index contributed by atoms with van der Waals surface area (Å²) in [4.78, 5) is 10.3. The van der Waals surface area contributed by atoms with E-state index in [1.807, 2.05) is 0 Å². The van der Waals surface area contributed by atoms with Crippen LogP contribution in [0.25, 0.3) is 0 Å². The molecule has 0 aromatic heterocycles. The van der Waals surface area contributed by atoms with E-state index in [1.165, 1.54) is 6.07 Å². The van der Waals surface area contributed by atoms with Crippen LogP contribution in [0.5, 0.6) is 5.75 Å². The van der Waals surface area contributed by atoms with Gasteiger partial charge in [0.25, 0.3) is 0 Å². The van der Waals surface area contributed by atoms with Crippen LogP contribution in [0.2, 0.25) is 5.02 Å². The van der Waals surface area contributed by atoms with Crippen molar-refractivity contribution in [3.05, 3.63) is 28.8 Å². The Morgan fingerprint density at radius 1 is 1.46 bits per heavy atom. The first-order valence-electron chi connectivity index (χ1n) is 3.79. The zero-order valence-electron chi connectivity index (χ0n) is 6.83. The van der Waals surface area contributed by atoms with Gasteiger partial charge in [0.2, 0.25) is 0 Å². The van der Waals surface area contributed by atoms with Crippen LogP contribution in [0.4, 0.5) is 0 Å². The molecule has 0 aliphatic heterocycles. The second-order valence-corrected chi connectivity index (χ2v) is 3.10. The van der Waals surface area contributed by atoms with Gasteiger partial charge in [-0.1, -0.05) is 11.6 Å². The normalized spacial score (nSPS) is 9.92. The number of aromatic hydroxyl groups is 1. The summed E-state index contributed by atoms with van der Waals surface area (Å²) in [7, 11) is 0. The summed E-state index contributed by atoms with van der Waals surface area (Å²) >= 11 is 5.67. The van der Waals surface area contributed by atoms with Gasteiger partial charge in [-0.25, -0.2) is 0 Å². The molecule has 0 aliphatic carbocycles. The number of benzene rings is 1. The van der Waals surface area contributed by atoms with Crippen LogP contribution < -0.4 is 0 Å². The quantitative estimate of drug-likeness (QED) is 0.785. The highest BCUT2D eigenvalue weighted by atomic mass is 35.5. The Hall–Kier alpha value is -1.22. The van der Waals surface area contributed by atoms with E-state index in [-0.39, 0.29) is 12.2 Å². The lowest BCUT2D eigenvalue weighted by Crippen LogP contribution is -1.97. The minimum Gasteiger partial charge on any atom is -0.508 e. The first-order chi connectivity index (χ1) is 6.09. The second-order valence-electron chi connectivity index (χ2n) is 2.67. The molecule has 70 valence electrons. The largest absolute Gasteiger partial charge is 0.508 e. The van der Waals surface area contributed by atoms with E-state index >= 15 is 0 Å². The van der Waals surface area contributed by atoms with Crippen molar-refractivity contribution in [3.63, 3.8) is 0 Å². The van der Waals surface area contributed by atoms with Crippen molar-refractivity contribution in [2.24, 2.45) is 0 Å². The van der Waals surface area contributed by atoms with E-state index in [9.17, 15) is 9.90 Å². The van der Waals surface area contributed by atoms with Gasteiger partial charge in [0.1, 0.15) is 5.75 Å². The Bertz CT molecular complexity index is 323. The van der Waals surface area contributed by atoms with Crippen LogP contribution >= 0.6 is 11.6 Å². The molecule has 0 aliphatic rings. The zero-order valence-corrected chi connectivity index (χ0v) is 7.58. The van der Waals surface area contributed by atoms with E-state index in [4.69, 9.17) is 16.7 Å². The average Bonchev–Trinajstić information content (AvgIpc) is 2.06. The molecule has 1 rings (SSSR count). The highest BCUT2D eigenvalue weighted by Crippen LogP contribution is 2.22. The van der Waals surface area contributed by atoms with E-state index < -0.39 is 5.97 Å². The summed E-state index contributed by atoms with van der Waals surface area (Å²) in [5.74, 6) is -0.801. The van der Waals surface area contributed by atoms with Crippen molar-refractivity contribution >= 4 is 17.6 Å². The molecule has 0 saturated heterocycles. The smallest absolute Gasteiger partial charge is 0.303 e. The number of hydrogen-bond donors (Lipinski definition) is 2. The molecule has 0 spiro atoms. The van der Waals surface area contributed by atoms with E-state index in [2.05, 4.69) is 0 Å². The van der Waals surface area contributed by atoms with E-state index in [0.717, 1.165) is 0 Å². The fourth-order valence-corrected chi connectivity index (χ4v) is 1.19. The molecule has 0 fully saturated rings. The lowest BCUT2D eigenvalue weighted by molar-refractivity contribution is -0.136. The Kier molecular flexibility index (Phi) is 3.14. The first-order valence-corrected chi connectivity index (χ1v) is 4.16. The Morgan fingerprint density at radius 3 is 2.77 bits per heavy atom. The van der Waals surface area contributed by atoms with Gasteiger partial charge in [0, 0.05) is 11.4 Å². The lowest BCUT2D eigenvalue weighted by atomic mass is 10.1. The minimum absolute atomic E-state index is 0.00605. The predicted molar refractivity (Wildman–Crippen MR) is 49.1 cm³/mol. The highest BCUT2D eigenvalue weighted by molar-refractivity contribution is 6.30. The highest BCUT2D eigenvalue weighted by Gasteiger charge is 2.04. The van der Waals surface area contributed by atoms with Gasteiger partial charge in [-0.3, -0.25) is 4.79 Å². The third-order valence-electron chi connectivity index (χ3n) is 1.65. The zero-order chi connectivity index (χ0) is 9.84. The maximum absolute atomic E-state index is 10.3. The minimum atomic E-state index is -0.889. The molecule has 0 heterocycles. The number of phenolic OH excluding ortho intramolecular Hbond substituents is 1. The Balaban J connectivity index is 2.75. The summed E-state index contributed by atoms with van der Waals surface area (Å²) in [5, 5.41) is 18.2. The molecule has 0 unspecified atom stereocenters. The molecule has 0 radical (unpaired) electrons. The summed E-state index contributed by atoms with van der Waals surface area (Å²) in [6.07, 6.45) is 0.287. The maximum Gasteiger partial charge on any atom is 0.303 e. The summed E-state index contributed by atoms with van der Waals surface area (Å²) in [6.45, 7) is 0. The molecule has 3 nitrogen and oxygen atoms in total. The van der Waals surface area contributed by atoms with Crippen molar-refractivity contribution < 1.29 is 15.0 Å². The Morgan fingerprint density at radius 2 is 2.15 bits per heavy atom. The standard InChI is InChI=1S/C9H9ClO3/c10-7-2-3-8(11)6(5-7)1-4-9(12)13/h2-3,5,11H,1,4H2,(H,12,13). The Labute approximate surface area is 80.6 Å². The molecule has 13 heavy (non-hydrogen) atoms. The maximum atomic E-state index is 10.3. The first kappa shape index (κ1) is 9.86.